The number of H-pyrrole nitrogens is 1. The van der Waals surface area contributed by atoms with Crippen LogP contribution in [0.1, 0.15) is 11.1 Å². The molecule has 2 N–H and O–H groups in total. The van der Waals surface area contributed by atoms with Gasteiger partial charge in [-0.3, -0.25) is 9.78 Å². The van der Waals surface area contributed by atoms with Crippen molar-refractivity contribution in [2.75, 3.05) is 6.54 Å². The Morgan fingerprint density at radius 3 is 3.00 bits per heavy atom. The molecule has 6 nitrogen and oxygen atoms in total. The highest BCUT2D eigenvalue weighted by Gasteiger charge is 2.12. The predicted octanol–water partition coefficient (Wildman–Crippen LogP) is 2.89. The second kappa shape index (κ2) is 6.33. The summed E-state index contributed by atoms with van der Waals surface area (Å²) in [6.45, 7) is 1.62. The van der Waals surface area contributed by atoms with Crippen LogP contribution in [0.2, 0.25) is 0 Å². The Balaban J connectivity index is 1.42. The van der Waals surface area contributed by atoms with Crippen LogP contribution in [-0.4, -0.2) is 26.5 Å². The monoisotopic (exact) mass is 321 g/mol. The minimum atomic E-state index is 0.739. The van der Waals surface area contributed by atoms with E-state index in [0.717, 1.165) is 47.5 Å². The second-order valence-electron chi connectivity index (χ2n) is 5.87. The van der Waals surface area contributed by atoms with E-state index in [1.807, 2.05) is 60.7 Å². The van der Waals surface area contributed by atoms with Gasteiger partial charge >= 0.3 is 0 Å². The Labute approximate surface area is 139 Å². The number of nitrogens with one attached hydrogen (secondary N) is 2. The molecule has 0 atom stereocenters. The molecule has 0 fully saturated rings. The minimum absolute atomic E-state index is 0.739. The molecule has 3 aromatic heterocycles. The third kappa shape index (κ3) is 2.96. The summed E-state index contributed by atoms with van der Waals surface area (Å²) in [5, 5.41) is 15.9. The fourth-order valence-electron chi connectivity index (χ4n) is 2.82. The van der Waals surface area contributed by atoms with Crippen LogP contribution in [0.15, 0.2) is 53.3 Å². The largest absolute Gasteiger partial charge is 0.454 e. The number of aryl methyl sites for hydroxylation is 1. The molecule has 122 valence electrons. The number of aromatic amines is 1. The molecular formula is C18H19N5O. The quantitative estimate of drug-likeness (QED) is 0.536. The summed E-state index contributed by atoms with van der Waals surface area (Å²) in [4.78, 5) is 0. The van der Waals surface area contributed by atoms with E-state index in [4.69, 9.17) is 4.42 Å². The molecule has 0 unspecified atom stereocenters. The van der Waals surface area contributed by atoms with Gasteiger partial charge in [0.1, 0.15) is 11.3 Å². The van der Waals surface area contributed by atoms with Crippen molar-refractivity contribution in [1.29, 1.82) is 0 Å². The predicted molar refractivity (Wildman–Crippen MR) is 92.4 cm³/mol. The molecule has 0 radical (unpaired) electrons. The normalized spacial score (nSPS) is 11.4. The Hall–Kier alpha value is -2.86. The highest BCUT2D eigenvalue weighted by Crippen LogP contribution is 2.28. The van der Waals surface area contributed by atoms with Crippen LogP contribution in [0, 0.1) is 0 Å². The van der Waals surface area contributed by atoms with Crippen LogP contribution in [0.3, 0.4) is 0 Å². The van der Waals surface area contributed by atoms with Gasteiger partial charge in [-0.05, 0) is 30.7 Å². The lowest BCUT2D eigenvalue weighted by Crippen LogP contribution is -2.16. The van der Waals surface area contributed by atoms with Gasteiger partial charge in [0, 0.05) is 30.7 Å². The van der Waals surface area contributed by atoms with Crippen LogP contribution in [0.25, 0.3) is 22.4 Å². The summed E-state index contributed by atoms with van der Waals surface area (Å²) in [6.07, 6.45) is 6.74. The van der Waals surface area contributed by atoms with Crippen LogP contribution in [0.5, 0.6) is 0 Å². The van der Waals surface area contributed by atoms with Gasteiger partial charge in [0.15, 0.2) is 5.76 Å². The molecule has 0 saturated heterocycles. The molecule has 3 heterocycles. The van der Waals surface area contributed by atoms with E-state index in [-0.39, 0.29) is 0 Å². The summed E-state index contributed by atoms with van der Waals surface area (Å²) in [5.74, 6) is 0.817. The van der Waals surface area contributed by atoms with Crippen LogP contribution in [0.4, 0.5) is 0 Å². The van der Waals surface area contributed by atoms with E-state index in [1.165, 1.54) is 5.56 Å². The summed E-state index contributed by atoms with van der Waals surface area (Å²) in [5.41, 5.74) is 4.15. The van der Waals surface area contributed by atoms with Crippen molar-refractivity contribution < 1.29 is 4.42 Å². The van der Waals surface area contributed by atoms with Crippen molar-refractivity contribution in [1.82, 2.24) is 25.3 Å². The lowest BCUT2D eigenvalue weighted by molar-refractivity contribution is 0.625. The van der Waals surface area contributed by atoms with E-state index in [0.29, 0.717) is 0 Å². The number of aromatic nitrogens is 4. The number of benzene rings is 1. The number of fused-ring (bicyclic) bond motifs is 1. The smallest absolute Gasteiger partial charge is 0.153 e. The summed E-state index contributed by atoms with van der Waals surface area (Å²) in [6, 6.07) is 10.0. The standard InChI is InChI=1S/C18H19N5O/c1-23-12-13(9-21-23)6-7-19-10-15-11-20-22-18(15)17-8-14-4-2-3-5-16(14)24-17/h2-5,8-9,11-12,19H,6-7,10H2,1H3,(H,20,22). The van der Waals surface area contributed by atoms with Gasteiger partial charge in [-0.2, -0.15) is 10.2 Å². The van der Waals surface area contributed by atoms with Gasteiger partial charge in [0.25, 0.3) is 0 Å². The highest BCUT2D eigenvalue weighted by molar-refractivity contribution is 5.82. The third-order valence-corrected chi connectivity index (χ3v) is 4.05. The van der Waals surface area contributed by atoms with Gasteiger partial charge in [-0.25, -0.2) is 0 Å². The van der Waals surface area contributed by atoms with Gasteiger partial charge in [-0.1, -0.05) is 18.2 Å². The average Bonchev–Trinajstić information content (AvgIpc) is 3.30. The van der Waals surface area contributed by atoms with Crippen molar-refractivity contribution in [3.05, 3.63) is 60.0 Å². The Kier molecular flexibility index (Phi) is 3.88. The Bertz CT molecular complexity index is 916. The zero-order valence-electron chi connectivity index (χ0n) is 13.5. The van der Waals surface area contributed by atoms with E-state index in [2.05, 4.69) is 20.6 Å². The van der Waals surface area contributed by atoms with E-state index in [1.54, 1.807) is 0 Å². The molecule has 0 amide bonds. The number of nitrogens with zero attached hydrogens (tertiary/aromatic N) is 3. The van der Waals surface area contributed by atoms with E-state index >= 15 is 0 Å². The molecule has 0 bridgehead atoms. The van der Waals surface area contributed by atoms with Crippen molar-refractivity contribution >= 4 is 11.0 Å². The Morgan fingerprint density at radius 2 is 2.17 bits per heavy atom. The molecule has 6 heteroatoms. The summed E-state index contributed by atoms with van der Waals surface area (Å²) < 4.78 is 7.75. The highest BCUT2D eigenvalue weighted by atomic mass is 16.3. The van der Waals surface area contributed by atoms with Crippen LogP contribution in [-0.2, 0) is 20.0 Å². The molecule has 0 aliphatic rings. The first-order valence-electron chi connectivity index (χ1n) is 7.99. The lowest BCUT2D eigenvalue weighted by Gasteiger charge is -2.03. The zero-order chi connectivity index (χ0) is 16.4. The van der Waals surface area contributed by atoms with Crippen LogP contribution >= 0.6 is 0 Å². The molecular weight excluding hydrogens is 302 g/mol. The lowest BCUT2D eigenvalue weighted by atomic mass is 10.2. The molecule has 24 heavy (non-hydrogen) atoms. The molecule has 4 rings (SSSR count). The number of rotatable bonds is 6. The first-order chi connectivity index (χ1) is 11.8. The molecule has 0 aliphatic carbocycles. The van der Waals surface area contributed by atoms with Crippen molar-refractivity contribution in [2.45, 2.75) is 13.0 Å². The van der Waals surface area contributed by atoms with Crippen molar-refractivity contribution in [2.24, 2.45) is 7.05 Å². The van der Waals surface area contributed by atoms with Gasteiger partial charge in [0.05, 0.1) is 12.4 Å². The van der Waals surface area contributed by atoms with Crippen molar-refractivity contribution in [3.8, 4) is 11.5 Å². The minimum Gasteiger partial charge on any atom is -0.454 e. The molecule has 0 saturated carbocycles. The van der Waals surface area contributed by atoms with E-state index < -0.39 is 0 Å². The van der Waals surface area contributed by atoms with Crippen LogP contribution < -0.4 is 5.32 Å². The number of hydrogen-bond acceptors (Lipinski definition) is 4. The van der Waals surface area contributed by atoms with Crippen molar-refractivity contribution in [3.63, 3.8) is 0 Å². The van der Waals surface area contributed by atoms with Gasteiger partial charge in [-0.15, -0.1) is 0 Å². The second-order valence-corrected chi connectivity index (χ2v) is 5.87. The topological polar surface area (TPSA) is 71.7 Å². The zero-order valence-corrected chi connectivity index (χ0v) is 13.5. The van der Waals surface area contributed by atoms with Gasteiger partial charge < -0.3 is 9.73 Å². The third-order valence-electron chi connectivity index (χ3n) is 4.05. The first kappa shape index (κ1) is 14.7. The maximum Gasteiger partial charge on any atom is 0.153 e. The molecule has 1 aromatic carbocycles. The SMILES string of the molecule is Cn1cc(CCNCc2cn[nH]c2-c2cc3ccccc3o2)cn1. The van der Waals surface area contributed by atoms with Gasteiger partial charge in [0.2, 0.25) is 0 Å². The number of hydrogen-bond donors (Lipinski definition) is 2. The fraction of sp³-hybridized carbons (Fsp3) is 0.222. The number of para-hydroxylation sites is 1. The Morgan fingerprint density at radius 1 is 1.25 bits per heavy atom. The fourth-order valence-corrected chi connectivity index (χ4v) is 2.82. The maximum atomic E-state index is 5.92. The average molecular weight is 321 g/mol. The number of furan rings is 1. The maximum absolute atomic E-state index is 5.92. The molecule has 4 aromatic rings. The summed E-state index contributed by atoms with van der Waals surface area (Å²) in [7, 11) is 1.93. The molecule has 0 aliphatic heterocycles. The summed E-state index contributed by atoms with van der Waals surface area (Å²) >= 11 is 0. The molecule has 0 spiro atoms. The van der Waals surface area contributed by atoms with E-state index in [9.17, 15) is 0 Å². The first-order valence-corrected chi connectivity index (χ1v) is 7.99.